The van der Waals surface area contributed by atoms with Crippen LogP contribution >= 0.6 is 15.9 Å². The van der Waals surface area contributed by atoms with Gasteiger partial charge in [-0.15, -0.1) is 0 Å². The lowest BCUT2D eigenvalue weighted by atomic mass is 9.81. The molecule has 2 heterocycles. The summed E-state index contributed by atoms with van der Waals surface area (Å²) < 4.78 is 46.9. The van der Waals surface area contributed by atoms with Crippen LogP contribution in [0.4, 0.5) is 18.9 Å². The van der Waals surface area contributed by atoms with E-state index in [4.69, 9.17) is 4.74 Å². The maximum atomic E-state index is 13.7. The Kier molecular flexibility index (Phi) is 10.5. The maximum Gasteiger partial charge on any atom is 0.405 e. The summed E-state index contributed by atoms with van der Waals surface area (Å²) >= 11 is 3.43. The summed E-state index contributed by atoms with van der Waals surface area (Å²) in [4.78, 5) is 30.7. The zero-order valence-corrected chi connectivity index (χ0v) is 25.5. The van der Waals surface area contributed by atoms with E-state index in [9.17, 15) is 22.8 Å². The van der Waals surface area contributed by atoms with Crippen molar-refractivity contribution >= 4 is 33.4 Å². The lowest BCUT2D eigenvalue weighted by Gasteiger charge is -2.45. The summed E-state index contributed by atoms with van der Waals surface area (Å²) in [5.41, 5.74) is 1.20. The first-order valence-electron chi connectivity index (χ1n) is 14.8. The maximum absolute atomic E-state index is 13.7. The molecule has 1 aromatic carbocycles. The topological polar surface area (TPSA) is 61.9 Å². The zero-order valence-electron chi connectivity index (χ0n) is 23.9. The molecule has 0 bridgehead atoms. The van der Waals surface area contributed by atoms with E-state index in [0.717, 1.165) is 32.1 Å². The van der Waals surface area contributed by atoms with E-state index < -0.39 is 12.7 Å². The summed E-state index contributed by atoms with van der Waals surface area (Å²) in [5.74, 6) is -0.460. The van der Waals surface area contributed by atoms with Crippen molar-refractivity contribution in [2.75, 3.05) is 31.2 Å². The Balaban J connectivity index is 1.52. The summed E-state index contributed by atoms with van der Waals surface area (Å²) in [7, 11) is 0. The van der Waals surface area contributed by atoms with Crippen molar-refractivity contribution in [1.82, 2.24) is 10.2 Å². The smallest absolute Gasteiger partial charge is 0.381 e. The molecule has 2 saturated heterocycles. The Labute approximate surface area is 244 Å². The third-order valence-electron chi connectivity index (χ3n) is 9.03. The van der Waals surface area contributed by atoms with Gasteiger partial charge >= 0.3 is 6.18 Å². The molecule has 0 aromatic heterocycles. The van der Waals surface area contributed by atoms with E-state index in [1.54, 1.807) is 19.1 Å². The Morgan fingerprint density at radius 3 is 2.38 bits per heavy atom. The number of carbonyl (C=O) groups excluding carboxylic acids is 2. The SMILES string of the molecule is Cc1c(C(=O)NCC2C(=O)N(C3CCCCCC3)C(C)CC2C)cc(Br)cc1N(CC(F)(F)F)C1CCOCC1. The molecule has 2 aliphatic heterocycles. The number of likely N-dealkylation sites (tertiary alicyclic amines) is 1. The fraction of sp³-hybridized carbons (Fsp3) is 0.733. The van der Waals surface area contributed by atoms with Gasteiger partial charge in [0.25, 0.3) is 5.91 Å². The van der Waals surface area contributed by atoms with Gasteiger partial charge in [0.2, 0.25) is 5.91 Å². The van der Waals surface area contributed by atoms with E-state index in [2.05, 4.69) is 40.0 Å². The monoisotopic (exact) mass is 629 g/mol. The zero-order chi connectivity index (χ0) is 29.0. The van der Waals surface area contributed by atoms with Gasteiger partial charge in [-0.1, -0.05) is 48.5 Å². The molecule has 3 aliphatic rings. The molecule has 10 heteroatoms. The molecule has 4 rings (SSSR count). The molecule has 3 atom stereocenters. The Bertz CT molecular complexity index is 1040. The van der Waals surface area contributed by atoms with E-state index in [1.165, 1.54) is 17.7 Å². The van der Waals surface area contributed by atoms with Gasteiger partial charge < -0.3 is 19.9 Å². The van der Waals surface area contributed by atoms with Crippen LogP contribution in [0.15, 0.2) is 16.6 Å². The molecule has 1 N–H and O–H groups in total. The van der Waals surface area contributed by atoms with Crippen LogP contribution < -0.4 is 10.2 Å². The predicted molar refractivity (Wildman–Crippen MR) is 154 cm³/mol. The molecule has 2 amide bonds. The van der Waals surface area contributed by atoms with E-state index in [-0.39, 0.29) is 48.3 Å². The van der Waals surface area contributed by atoms with Gasteiger partial charge in [0, 0.05) is 53.6 Å². The first-order valence-corrected chi connectivity index (χ1v) is 15.6. The minimum absolute atomic E-state index is 0.112. The highest BCUT2D eigenvalue weighted by atomic mass is 79.9. The third-order valence-corrected chi connectivity index (χ3v) is 9.49. The van der Waals surface area contributed by atoms with Crippen LogP contribution in [0.3, 0.4) is 0 Å². The van der Waals surface area contributed by atoms with Crippen molar-refractivity contribution in [2.45, 2.75) is 103 Å². The number of benzene rings is 1. The largest absolute Gasteiger partial charge is 0.405 e. The molecule has 224 valence electrons. The van der Waals surface area contributed by atoms with Crippen molar-refractivity contribution < 1.29 is 27.5 Å². The van der Waals surface area contributed by atoms with E-state index in [1.807, 2.05) is 0 Å². The number of rotatable bonds is 7. The second kappa shape index (κ2) is 13.4. The van der Waals surface area contributed by atoms with Gasteiger partial charge in [-0.05, 0) is 69.6 Å². The first kappa shape index (κ1) is 31.1. The number of amides is 2. The number of nitrogens with one attached hydrogen (secondary N) is 1. The van der Waals surface area contributed by atoms with Crippen LogP contribution in [-0.4, -0.2) is 67.3 Å². The summed E-state index contributed by atoms with van der Waals surface area (Å²) in [5, 5.41) is 2.97. The highest BCUT2D eigenvalue weighted by Gasteiger charge is 2.41. The number of piperidine rings is 1. The third kappa shape index (κ3) is 7.52. The van der Waals surface area contributed by atoms with Gasteiger partial charge in [-0.3, -0.25) is 9.59 Å². The second-order valence-electron chi connectivity index (χ2n) is 12.0. The van der Waals surface area contributed by atoms with Gasteiger partial charge in [0.05, 0.1) is 5.92 Å². The summed E-state index contributed by atoms with van der Waals surface area (Å²) in [6.45, 7) is 5.82. The highest BCUT2D eigenvalue weighted by Crippen LogP contribution is 2.36. The van der Waals surface area contributed by atoms with Gasteiger partial charge in [-0.2, -0.15) is 13.2 Å². The van der Waals surface area contributed by atoms with Crippen LogP contribution in [0.1, 0.15) is 87.6 Å². The van der Waals surface area contributed by atoms with E-state index in [0.29, 0.717) is 47.3 Å². The average Bonchev–Trinajstić information content (AvgIpc) is 3.17. The number of halogens is 4. The molecule has 1 saturated carbocycles. The average molecular weight is 631 g/mol. The molecule has 1 aliphatic carbocycles. The molecule has 3 unspecified atom stereocenters. The first-order chi connectivity index (χ1) is 19.0. The molecule has 0 radical (unpaired) electrons. The number of ether oxygens (including phenoxy) is 1. The van der Waals surface area contributed by atoms with E-state index >= 15 is 0 Å². The Morgan fingerprint density at radius 2 is 1.75 bits per heavy atom. The minimum Gasteiger partial charge on any atom is -0.381 e. The van der Waals surface area contributed by atoms with Crippen LogP contribution in [-0.2, 0) is 9.53 Å². The standard InChI is InChI=1S/C30H43BrF3N3O3/c1-19-14-20(2)37(24-8-6-4-5-7-9-24)29(39)26(19)17-35-28(38)25-15-22(31)16-27(21(25)3)36(18-30(32,33)34)23-10-12-40-13-11-23/h15-16,19-20,23-24,26H,4-14,17-18H2,1-3H3,(H,35,38). The summed E-state index contributed by atoms with van der Waals surface area (Å²) in [6.07, 6.45) is 4.24. The lowest BCUT2D eigenvalue weighted by molar-refractivity contribution is -0.147. The molecule has 3 fully saturated rings. The van der Waals surface area contributed by atoms with Crippen LogP contribution in [0.2, 0.25) is 0 Å². The van der Waals surface area contributed by atoms with Crippen LogP contribution in [0.25, 0.3) is 0 Å². The van der Waals surface area contributed by atoms with Gasteiger partial charge in [0.1, 0.15) is 6.54 Å². The lowest BCUT2D eigenvalue weighted by Crippen LogP contribution is -2.56. The van der Waals surface area contributed by atoms with Crippen molar-refractivity contribution in [3.63, 3.8) is 0 Å². The Hall–Kier alpha value is -1.81. The van der Waals surface area contributed by atoms with Crippen molar-refractivity contribution in [2.24, 2.45) is 11.8 Å². The number of hydrogen-bond donors (Lipinski definition) is 1. The molecule has 40 heavy (non-hydrogen) atoms. The van der Waals surface area contributed by atoms with Gasteiger partial charge in [-0.25, -0.2) is 0 Å². The number of alkyl halides is 3. The minimum atomic E-state index is -4.40. The number of hydrogen-bond acceptors (Lipinski definition) is 4. The fourth-order valence-corrected chi connectivity index (χ4v) is 7.38. The van der Waals surface area contributed by atoms with Crippen molar-refractivity contribution in [1.29, 1.82) is 0 Å². The normalized spacial score (nSPS) is 25.5. The molecular weight excluding hydrogens is 587 g/mol. The highest BCUT2D eigenvalue weighted by molar-refractivity contribution is 9.10. The quantitative estimate of drug-likeness (QED) is 0.344. The number of carbonyl (C=O) groups is 2. The van der Waals surface area contributed by atoms with Crippen molar-refractivity contribution in [3.05, 3.63) is 27.7 Å². The molecule has 1 aromatic rings. The van der Waals surface area contributed by atoms with Crippen LogP contribution in [0, 0.1) is 18.8 Å². The molecule has 6 nitrogen and oxygen atoms in total. The molecular formula is C30H43BrF3N3O3. The van der Waals surface area contributed by atoms with Crippen molar-refractivity contribution in [3.8, 4) is 0 Å². The van der Waals surface area contributed by atoms with Gasteiger partial charge in [0.15, 0.2) is 0 Å². The number of anilines is 1. The number of nitrogens with zero attached hydrogens (tertiary/aromatic N) is 2. The summed E-state index contributed by atoms with van der Waals surface area (Å²) in [6, 6.07) is 3.41. The Morgan fingerprint density at radius 1 is 1.10 bits per heavy atom. The fourth-order valence-electron chi connectivity index (χ4n) is 6.93. The second-order valence-corrected chi connectivity index (χ2v) is 12.9. The predicted octanol–water partition coefficient (Wildman–Crippen LogP) is 6.63. The molecule has 0 spiro atoms. The van der Waals surface area contributed by atoms with Crippen LogP contribution in [0.5, 0.6) is 0 Å².